The number of carbonyl (C=O) groups excluding carboxylic acids is 2. The SMILES string of the molecule is Cc1c(C(N)=O)c2ccc(CC(N)=O)cc2n1C1CCN(CCc2ccc(F)cc2)CC1. The first-order valence-corrected chi connectivity index (χ1v) is 11.0. The number of hydrogen-bond acceptors (Lipinski definition) is 3. The van der Waals surface area contributed by atoms with Gasteiger partial charge in [-0.3, -0.25) is 9.59 Å². The Kier molecular flexibility index (Phi) is 6.28. The van der Waals surface area contributed by atoms with Gasteiger partial charge in [-0.25, -0.2) is 4.39 Å². The van der Waals surface area contributed by atoms with Gasteiger partial charge in [0.15, 0.2) is 0 Å². The van der Waals surface area contributed by atoms with Crippen LogP contribution in [0.5, 0.6) is 0 Å². The molecule has 2 amide bonds. The minimum atomic E-state index is -0.439. The van der Waals surface area contributed by atoms with Crippen molar-refractivity contribution >= 4 is 22.7 Å². The van der Waals surface area contributed by atoms with E-state index >= 15 is 0 Å². The number of primary amides is 2. The summed E-state index contributed by atoms with van der Waals surface area (Å²) < 4.78 is 15.3. The van der Waals surface area contributed by atoms with Crippen LogP contribution >= 0.6 is 0 Å². The van der Waals surface area contributed by atoms with E-state index < -0.39 is 5.91 Å². The Balaban J connectivity index is 1.53. The summed E-state index contributed by atoms with van der Waals surface area (Å²) in [6, 6.07) is 12.6. The normalized spacial score (nSPS) is 15.3. The quantitative estimate of drug-likeness (QED) is 0.596. The van der Waals surface area contributed by atoms with Crippen LogP contribution in [0.25, 0.3) is 10.9 Å². The summed E-state index contributed by atoms with van der Waals surface area (Å²) in [5.41, 5.74) is 15.4. The van der Waals surface area contributed by atoms with Crippen LogP contribution in [0.2, 0.25) is 0 Å². The van der Waals surface area contributed by atoms with Crippen LogP contribution in [0.15, 0.2) is 42.5 Å². The second kappa shape index (κ2) is 9.12. The number of halogens is 1. The van der Waals surface area contributed by atoms with E-state index in [1.54, 1.807) is 0 Å². The fourth-order valence-electron chi connectivity index (χ4n) is 4.92. The molecule has 1 fully saturated rings. The third kappa shape index (κ3) is 4.53. The van der Waals surface area contributed by atoms with Crippen molar-refractivity contribution in [3.05, 3.63) is 70.7 Å². The lowest BCUT2D eigenvalue weighted by molar-refractivity contribution is -0.117. The van der Waals surface area contributed by atoms with E-state index in [2.05, 4.69) is 9.47 Å². The van der Waals surface area contributed by atoms with Gasteiger partial charge in [-0.2, -0.15) is 0 Å². The van der Waals surface area contributed by atoms with Crippen LogP contribution in [-0.4, -0.2) is 40.9 Å². The molecule has 168 valence electrons. The topological polar surface area (TPSA) is 94.4 Å². The molecule has 4 N–H and O–H groups in total. The number of hydrogen-bond donors (Lipinski definition) is 2. The molecule has 0 spiro atoms. The van der Waals surface area contributed by atoms with Crippen LogP contribution in [0.3, 0.4) is 0 Å². The molecule has 4 rings (SSSR count). The van der Waals surface area contributed by atoms with E-state index in [0.717, 1.165) is 66.6 Å². The van der Waals surface area contributed by atoms with E-state index in [0.29, 0.717) is 5.56 Å². The van der Waals surface area contributed by atoms with E-state index in [-0.39, 0.29) is 24.2 Å². The average molecular weight is 437 g/mol. The number of nitrogens with zero attached hydrogens (tertiary/aromatic N) is 2. The molecule has 1 aromatic heterocycles. The minimum absolute atomic E-state index is 0.161. The molecule has 0 saturated carbocycles. The highest BCUT2D eigenvalue weighted by Gasteiger charge is 2.26. The molecule has 1 saturated heterocycles. The highest BCUT2D eigenvalue weighted by atomic mass is 19.1. The van der Waals surface area contributed by atoms with Crippen LogP contribution in [0, 0.1) is 12.7 Å². The van der Waals surface area contributed by atoms with Gasteiger partial charge in [0, 0.05) is 42.3 Å². The molecule has 32 heavy (non-hydrogen) atoms. The fourth-order valence-corrected chi connectivity index (χ4v) is 4.92. The summed E-state index contributed by atoms with van der Waals surface area (Å²) in [5, 5.41) is 0.821. The second-order valence-corrected chi connectivity index (χ2v) is 8.64. The Morgan fingerprint density at radius 2 is 1.69 bits per heavy atom. The fraction of sp³-hybridized carbons (Fsp3) is 0.360. The van der Waals surface area contributed by atoms with Crippen LogP contribution in [-0.2, 0) is 17.6 Å². The maximum absolute atomic E-state index is 13.1. The Hall–Kier alpha value is -3.19. The van der Waals surface area contributed by atoms with Crippen molar-refractivity contribution in [1.29, 1.82) is 0 Å². The number of nitrogens with two attached hydrogens (primary N) is 2. The molecular weight excluding hydrogens is 407 g/mol. The zero-order valence-electron chi connectivity index (χ0n) is 18.3. The summed E-state index contributed by atoms with van der Waals surface area (Å²) in [7, 11) is 0. The Labute approximate surface area is 187 Å². The summed E-state index contributed by atoms with van der Waals surface area (Å²) in [6.45, 7) is 4.75. The largest absolute Gasteiger partial charge is 0.369 e. The molecule has 6 nitrogen and oxygen atoms in total. The first-order chi connectivity index (χ1) is 15.3. The summed E-state index contributed by atoms with van der Waals surface area (Å²) in [4.78, 5) is 26.0. The summed E-state index contributed by atoms with van der Waals surface area (Å²) in [5.74, 6) is -1.03. The highest BCUT2D eigenvalue weighted by molar-refractivity contribution is 6.08. The Bertz CT molecular complexity index is 1140. The van der Waals surface area contributed by atoms with E-state index in [4.69, 9.17) is 11.5 Å². The van der Waals surface area contributed by atoms with Gasteiger partial charge in [-0.05, 0) is 55.5 Å². The van der Waals surface area contributed by atoms with Gasteiger partial charge < -0.3 is 20.9 Å². The summed E-state index contributed by atoms with van der Waals surface area (Å²) in [6.07, 6.45) is 2.95. The molecule has 0 radical (unpaired) electrons. The second-order valence-electron chi connectivity index (χ2n) is 8.64. The smallest absolute Gasteiger partial charge is 0.251 e. The van der Waals surface area contributed by atoms with Crippen molar-refractivity contribution in [3.8, 4) is 0 Å². The van der Waals surface area contributed by atoms with Gasteiger partial charge in [0.1, 0.15) is 5.82 Å². The van der Waals surface area contributed by atoms with Crippen molar-refractivity contribution in [2.45, 2.75) is 38.6 Å². The molecule has 0 aliphatic carbocycles. The maximum atomic E-state index is 13.1. The highest BCUT2D eigenvalue weighted by Crippen LogP contribution is 2.34. The zero-order chi connectivity index (χ0) is 22.8. The molecule has 2 heterocycles. The first-order valence-electron chi connectivity index (χ1n) is 11.0. The Morgan fingerprint density at radius 1 is 1.03 bits per heavy atom. The number of amides is 2. The number of rotatable bonds is 7. The van der Waals surface area contributed by atoms with E-state index in [1.165, 1.54) is 12.1 Å². The van der Waals surface area contributed by atoms with Crippen LogP contribution < -0.4 is 11.5 Å². The van der Waals surface area contributed by atoms with Crippen molar-refractivity contribution in [2.24, 2.45) is 11.5 Å². The number of fused-ring (bicyclic) bond motifs is 1. The van der Waals surface area contributed by atoms with E-state index in [1.807, 2.05) is 37.3 Å². The molecular formula is C25H29FN4O2. The lowest BCUT2D eigenvalue weighted by atomic mass is 10.0. The van der Waals surface area contributed by atoms with Crippen LogP contribution in [0.1, 0.15) is 46.1 Å². The van der Waals surface area contributed by atoms with Gasteiger partial charge in [0.25, 0.3) is 5.91 Å². The lowest BCUT2D eigenvalue weighted by Crippen LogP contribution is -2.36. The predicted octanol–water partition coefficient (Wildman–Crippen LogP) is 3.10. The lowest BCUT2D eigenvalue weighted by Gasteiger charge is -2.34. The molecule has 7 heteroatoms. The molecule has 0 bridgehead atoms. The maximum Gasteiger partial charge on any atom is 0.251 e. The minimum Gasteiger partial charge on any atom is -0.369 e. The van der Waals surface area contributed by atoms with Gasteiger partial charge >= 0.3 is 0 Å². The van der Waals surface area contributed by atoms with E-state index in [9.17, 15) is 14.0 Å². The molecule has 2 aromatic carbocycles. The van der Waals surface area contributed by atoms with Gasteiger partial charge in [-0.1, -0.05) is 24.3 Å². The molecule has 1 aliphatic heterocycles. The first kappa shape index (κ1) is 22.0. The average Bonchev–Trinajstić information content (AvgIpc) is 3.04. The molecule has 1 aliphatic rings. The van der Waals surface area contributed by atoms with Gasteiger partial charge in [0.05, 0.1) is 12.0 Å². The van der Waals surface area contributed by atoms with Crippen molar-refractivity contribution in [3.63, 3.8) is 0 Å². The number of benzene rings is 2. The van der Waals surface area contributed by atoms with Gasteiger partial charge in [0.2, 0.25) is 5.91 Å². The van der Waals surface area contributed by atoms with Crippen molar-refractivity contribution < 1.29 is 14.0 Å². The van der Waals surface area contributed by atoms with Crippen molar-refractivity contribution in [1.82, 2.24) is 9.47 Å². The third-order valence-electron chi connectivity index (χ3n) is 6.49. The third-order valence-corrected chi connectivity index (χ3v) is 6.49. The predicted molar refractivity (Wildman–Crippen MR) is 123 cm³/mol. The molecule has 0 atom stereocenters. The monoisotopic (exact) mass is 436 g/mol. The summed E-state index contributed by atoms with van der Waals surface area (Å²) >= 11 is 0. The standard InChI is InChI=1S/C25H29FN4O2/c1-16-24(25(28)32)21-7-4-18(15-23(27)31)14-22(21)30(16)20-9-12-29(13-10-20)11-8-17-2-5-19(26)6-3-17/h2-7,14,20H,8-13,15H2,1H3,(H2,27,31)(H2,28,32). The zero-order valence-corrected chi connectivity index (χ0v) is 18.3. The van der Waals surface area contributed by atoms with Crippen molar-refractivity contribution in [2.75, 3.05) is 19.6 Å². The number of carbonyl (C=O) groups is 2. The number of piperidine rings is 1. The van der Waals surface area contributed by atoms with Gasteiger partial charge in [-0.15, -0.1) is 0 Å². The van der Waals surface area contributed by atoms with Crippen LogP contribution in [0.4, 0.5) is 4.39 Å². The molecule has 3 aromatic rings. The molecule has 0 unspecified atom stereocenters. The Morgan fingerprint density at radius 3 is 2.31 bits per heavy atom. The number of likely N-dealkylation sites (tertiary alicyclic amines) is 1. The number of aromatic nitrogens is 1.